The Balaban J connectivity index is 2.89. The molecule has 0 atom stereocenters. The molecule has 0 spiro atoms. The lowest BCUT2D eigenvalue weighted by Gasteiger charge is -2.29. The van der Waals surface area contributed by atoms with Gasteiger partial charge < -0.3 is 10.6 Å². The molecule has 0 fully saturated rings. The predicted molar refractivity (Wildman–Crippen MR) is 74.4 cm³/mol. The third kappa shape index (κ3) is 3.14. The largest absolute Gasteiger partial charge is 0.394 e. The van der Waals surface area contributed by atoms with Crippen LogP contribution in [-0.4, -0.2) is 22.4 Å². The number of aryl methyl sites for hydroxylation is 2. The van der Waals surface area contributed by atoms with Gasteiger partial charge in [-0.05, 0) is 27.2 Å². The van der Waals surface area contributed by atoms with Crippen molar-refractivity contribution >= 4 is 11.5 Å². The van der Waals surface area contributed by atoms with Crippen LogP contribution < -0.4 is 10.6 Å². The van der Waals surface area contributed by atoms with Crippen molar-refractivity contribution in [1.82, 2.24) is 9.78 Å². The van der Waals surface area contributed by atoms with Crippen LogP contribution in [0.1, 0.15) is 45.7 Å². The number of unbranched alkanes of at least 4 members (excludes halogenated alkanes) is 2. The number of anilines is 2. The van der Waals surface area contributed by atoms with Crippen LogP contribution in [-0.2, 0) is 7.05 Å². The van der Waals surface area contributed by atoms with Crippen molar-refractivity contribution in [2.75, 3.05) is 17.2 Å². The average molecular weight is 238 g/mol. The minimum atomic E-state index is 0.448. The van der Waals surface area contributed by atoms with Crippen LogP contribution in [0.2, 0.25) is 0 Å². The van der Waals surface area contributed by atoms with Crippen molar-refractivity contribution in [2.24, 2.45) is 7.05 Å². The molecule has 0 aromatic carbocycles. The van der Waals surface area contributed by atoms with E-state index in [-0.39, 0.29) is 0 Å². The van der Waals surface area contributed by atoms with E-state index in [0.717, 1.165) is 23.7 Å². The summed E-state index contributed by atoms with van der Waals surface area (Å²) in [4.78, 5) is 2.35. The lowest BCUT2D eigenvalue weighted by molar-refractivity contribution is 0.600. The van der Waals surface area contributed by atoms with E-state index in [1.54, 1.807) is 0 Å². The molecule has 98 valence electrons. The van der Waals surface area contributed by atoms with Gasteiger partial charge in [0.25, 0.3) is 0 Å². The highest BCUT2D eigenvalue weighted by atomic mass is 15.4. The molecule has 0 unspecified atom stereocenters. The van der Waals surface area contributed by atoms with E-state index in [1.807, 2.05) is 18.7 Å². The van der Waals surface area contributed by atoms with Gasteiger partial charge in [-0.25, -0.2) is 0 Å². The number of nitrogens with zero attached hydrogens (tertiary/aromatic N) is 3. The lowest BCUT2D eigenvalue weighted by atomic mass is 10.2. The molecular weight excluding hydrogens is 212 g/mol. The summed E-state index contributed by atoms with van der Waals surface area (Å²) in [5, 5.41) is 4.39. The first-order valence-electron chi connectivity index (χ1n) is 6.54. The molecular formula is C13H26N4. The van der Waals surface area contributed by atoms with Crippen molar-refractivity contribution in [3.8, 4) is 0 Å². The molecule has 0 saturated heterocycles. The second kappa shape index (κ2) is 5.94. The van der Waals surface area contributed by atoms with Gasteiger partial charge in [-0.1, -0.05) is 19.8 Å². The van der Waals surface area contributed by atoms with Gasteiger partial charge in [-0.2, -0.15) is 5.10 Å². The molecule has 4 nitrogen and oxygen atoms in total. The average Bonchev–Trinajstić information content (AvgIpc) is 2.49. The summed E-state index contributed by atoms with van der Waals surface area (Å²) < 4.78 is 1.90. The van der Waals surface area contributed by atoms with Crippen LogP contribution >= 0.6 is 0 Å². The van der Waals surface area contributed by atoms with Crippen LogP contribution in [0, 0.1) is 6.92 Å². The van der Waals surface area contributed by atoms with Gasteiger partial charge in [0.15, 0.2) is 5.82 Å². The van der Waals surface area contributed by atoms with Crippen molar-refractivity contribution in [2.45, 2.75) is 53.0 Å². The van der Waals surface area contributed by atoms with Crippen molar-refractivity contribution < 1.29 is 0 Å². The standard InChI is InChI=1S/C13H26N4/c1-6-7-8-9-17(10(2)3)13-12(14)11(4)15-16(13)5/h10H,6-9,14H2,1-5H3. The van der Waals surface area contributed by atoms with E-state index in [1.165, 1.54) is 19.3 Å². The molecule has 1 aromatic rings. The van der Waals surface area contributed by atoms with E-state index < -0.39 is 0 Å². The molecule has 1 heterocycles. The lowest BCUT2D eigenvalue weighted by Crippen LogP contribution is -2.34. The van der Waals surface area contributed by atoms with Gasteiger partial charge >= 0.3 is 0 Å². The van der Waals surface area contributed by atoms with Crippen molar-refractivity contribution in [1.29, 1.82) is 0 Å². The number of hydrogen-bond donors (Lipinski definition) is 1. The van der Waals surface area contributed by atoms with Crippen LogP contribution in [0.15, 0.2) is 0 Å². The molecule has 0 saturated carbocycles. The first-order chi connectivity index (χ1) is 7.99. The van der Waals surface area contributed by atoms with Gasteiger partial charge in [-0.15, -0.1) is 0 Å². The maximum atomic E-state index is 6.12. The fourth-order valence-electron chi connectivity index (χ4n) is 2.14. The maximum absolute atomic E-state index is 6.12. The number of hydrogen-bond acceptors (Lipinski definition) is 3. The summed E-state index contributed by atoms with van der Waals surface area (Å²) in [6.07, 6.45) is 3.71. The number of nitrogens with two attached hydrogens (primary N) is 1. The van der Waals surface area contributed by atoms with Gasteiger partial charge in [0, 0.05) is 19.6 Å². The molecule has 0 aliphatic rings. The van der Waals surface area contributed by atoms with E-state index in [4.69, 9.17) is 5.73 Å². The van der Waals surface area contributed by atoms with E-state index in [9.17, 15) is 0 Å². The zero-order valence-corrected chi connectivity index (χ0v) is 11.8. The highest BCUT2D eigenvalue weighted by Crippen LogP contribution is 2.27. The Hall–Kier alpha value is -1.19. The van der Waals surface area contributed by atoms with Crippen LogP contribution in [0.4, 0.5) is 11.5 Å². The highest BCUT2D eigenvalue weighted by Gasteiger charge is 2.19. The zero-order chi connectivity index (χ0) is 13.0. The summed E-state index contributed by atoms with van der Waals surface area (Å²) >= 11 is 0. The second-order valence-corrected chi connectivity index (χ2v) is 4.94. The SMILES string of the molecule is CCCCCN(c1c(N)c(C)nn1C)C(C)C. The summed E-state index contributed by atoms with van der Waals surface area (Å²) in [5.74, 6) is 1.06. The molecule has 0 radical (unpaired) electrons. The molecule has 0 bridgehead atoms. The molecule has 1 aromatic heterocycles. The Morgan fingerprint density at radius 1 is 1.35 bits per heavy atom. The molecule has 4 heteroatoms. The van der Waals surface area contributed by atoms with Gasteiger partial charge in [0.2, 0.25) is 0 Å². The van der Waals surface area contributed by atoms with E-state index >= 15 is 0 Å². The fourth-order valence-corrected chi connectivity index (χ4v) is 2.14. The van der Waals surface area contributed by atoms with Gasteiger partial charge in [-0.3, -0.25) is 4.68 Å². The summed E-state index contributed by atoms with van der Waals surface area (Å²) in [6, 6.07) is 0.448. The zero-order valence-electron chi connectivity index (χ0n) is 11.8. The summed E-state index contributed by atoms with van der Waals surface area (Å²) in [6.45, 7) is 9.64. The first-order valence-corrected chi connectivity index (χ1v) is 6.54. The number of rotatable bonds is 6. The Labute approximate surface area is 105 Å². The third-order valence-electron chi connectivity index (χ3n) is 3.14. The Bertz CT molecular complexity index is 355. The number of nitrogen functional groups attached to an aromatic ring is 1. The third-order valence-corrected chi connectivity index (χ3v) is 3.14. The molecule has 2 N–H and O–H groups in total. The van der Waals surface area contributed by atoms with E-state index in [2.05, 4.69) is 30.8 Å². The van der Waals surface area contributed by atoms with Crippen LogP contribution in [0.5, 0.6) is 0 Å². The minimum Gasteiger partial charge on any atom is -0.394 e. The Morgan fingerprint density at radius 3 is 2.41 bits per heavy atom. The Morgan fingerprint density at radius 2 is 2.00 bits per heavy atom. The molecule has 0 aliphatic heterocycles. The normalized spacial score (nSPS) is 11.2. The molecule has 17 heavy (non-hydrogen) atoms. The molecule has 1 rings (SSSR count). The predicted octanol–water partition coefficient (Wildman–Crippen LogP) is 2.72. The first kappa shape index (κ1) is 13.9. The fraction of sp³-hybridized carbons (Fsp3) is 0.769. The summed E-state index contributed by atoms with van der Waals surface area (Å²) in [5.41, 5.74) is 7.86. The Kier molecular flexibility index (Phi) is 4.85. The van der Waals surface area contributed by atoms with Gasteiger partial charge in [0.1, 0.15) is 0 Å². The van der Waals surface area contributed by atoms with Crippen LogP contribution in [0.3, 0.4) is 0 Å². The van der Waals surface area contributed by atoms with E-state index in [0.29, 0.717) is 6.04 Å². The molecule has 0 aliphatic carbocycles. The van der Waals surface area contributed by atoms with Gasteiger partial charge in [0.05, 0.1) is 11.4 Å². The highest BCUT2D eigenvalue weighted by molar-refractivity contribution is 5.66. The van der Waals surface area contributed by atoms with Crippen molar-refractivity contribution in [3.63, 3.8) is 0 Å². The topological polar surface area (TPSA) is 47.1 Å². The smallest absolute Gasteiger partial charge is 0.150 e. The maximum Gasteiger partial charge on any atom is 0.150 e. The minimum absolute atomic E-state index is 0.448. The quantitative estimate of drug-likeness (QED) is 0.775. The monoisotopic (exact) mass is 238 g/mol. The molecule has 0 amide bonds. The second-order valence-electron chi connectivity index (χ2n) is 4.94. The summed E-state index contributed by atoms with van der Waals surface area (Å²) in [7, 11) is 1.97. The van der Waals surface area contributed by atoms with Crippen molar-refractivity contribution in [3.05, 3.63) is 5.69 Å². The number of aromatic nitrogens is 2. The van der Waals surface area contributed by atoms with Crippen LogP contribution in [0.25, 0.3) is 0 Å².